The van der Waals surface area contributed by atoms with Gasteiger partial charge in [0.1, 0.15) is 6.29 Å². The third kappa shape index (κ3) is 1.68. The summed E-state index contributed by atoms with van der Waals surface area (Å²) in [5.41, 5.74) is 1.75. The largest absolute Gasteiger partial charge is 0.301 e. The number of carbonyl (C=O) groups is 1. The molecule has 1 heterocycles. The normalized spacial score (nSPS) is 10.5. The van der Waals surface area contributed by atoms with Crippen LogP contribution in [0.15, 0.2) is 35.1 Å². The Morgan fingerprint density at radius 1 is 1.27 bits per heavy atom. The van der Waals surface area contributed by atoms with Crippen molar-refractivity contribution in [1.82, 2.24) is 4.57 Å². The molecule has 0 atom stereocenters. The molecule has 3 heteroatoms. The Bertz CT molecular complexity index is 569. The summed E-state index contributed by atoms with van der Waals surface area (Å²) in [6.07, 6.45) is 0.739. The second-order valence-electron chi connectivity index (χ2n) is 3.51. The zero-order valence-electron chi connectivity index (χ0n) is 8.43. The predicted molar refractivity (Wildman–Crippen MR) is 59.0 cm³/mol. The summed E-state index contributed by atoms with van der Waals surface area (Å²) in [5, 5.41) is 0.974. The molecule has 0 aliphatic carbocycles. The van der Waals surface area contributed by atoms with E-state index in [-0.39, 0.29) is 12.1 Å². The van der Waals surface area contributed by atoms with Crippen molar-refractivity contribution in [2.75, 3.05) is 0 Å². The fourth-order valence-electron chi connectivity index (χ4n) is 1.66. The average Bonchev–Trinajstić information content (AvgIpc) is 2.23. The van der Waals surface area contributed by atoms with Crippen molar-refractivity contribution in [2.24, 2.45) is 0 Å². The first-order valence-electron chi connectivity index (χ1n) is 4.76. The first-order valence-corrected chi connectivity index (χ1v) is 4.76. The van der Waals surface area contributed by atoms with Gasteiger partial charge in [0.15, 0.2) is 0 Å². The van der Waals surface area contributed by atoms with Crippen molar-refractivity contribution >= 4 is 17.2 Å². The van der Waals surface area contributed by atoms with Crippen LogP contribution in [0.2, 0.25) is 0 Å². The topological polar surface area (TPSA) is 39.1 Å². The van der Waals surface area contributed by atoms with Crippen LogP contribution in [0.3, 0.4) is 0 Å². The van der Waals surface area contributed by atoms with E-state index in [1.165, 1.54) is 10.6 Å². The molecular formula is C12H11NO2. The van der Waals surface area contributed by atoms with Gasteiger partial charge in [-0.05, 0) is 30.0 Å². The third-order valence-corrected chi connectivity index (χ3v) is 2.41. The number of rotatable bonds is 2. The monoisotopic (exact) mass is 201 g/mol. The second-order valence-corrected chi connectivity index (χ2v) is 3.51. The van der Waals surface area contributed by atoms with Gasteiger partial charge >= 0.3 is 0 Å². The Balaban J connectivity index is 2.84. The Hall–Kier alpha value is -1.90. The van der Waals surface area contributed by atoms with Crippen molar-refractivity contribution in [2.45, 2.75) is 13.5 Å². The van der Waals surface area contributed by atoms with Crippen LogP contribution in [-0.4, -0.2) is 10.9 Å². The summed E-state index contributed by atoms with van der Waals surface area (Å²) >= 11 is 0. The summed E-state index contributed by atoms with van der Waals surface area (Å²) in [7, 11) is 0. The smallest absolute Gasteiger partial charge is 0.251 e. The van der Waals surface area contributed by atoms with Gasteiger partial charge in [-0.3, -0.25) is 4.79 Å². The molecule has 2 rings (SSSR count). The molecular weight excluding hydrogens is 190 g/mol. The van der Waals surface area contributed by atoms with Crippen LogP contribution >= 0.6 is 0 Å². The molecule has 0 unspecified atom stereocenters. The maximum absolute atomic E-state index is 11.5. The van der Waals surface area contributed by atoms with Gasteiger partial charge in [0.25, 0.3) is 5.56 Å². The lowest BCUT2D eigenvalue weighted by Gasteiger charge is -2.07. The molecule has 76 valence electrons. The SMILES string of the molecule is Cc1ccc2ccc(=O)n(CC=O)c2c1. The quantitative estimate of drug-likeness (QED) is 0.691. The van der Waals surface area contributed by atoms with Gasteiger partial charge in [-0.1, -0.05) is 12.1 Å². The molecule has 3 nitrogen and oxygen atoms in total. The van der Waals surface area contributed by atoms with Crippen LogP contribution in [0.4, 0.5) is 0 Å². The molecule has 1 aromatic carbocycles. The minimum Gasteiger partial charge on any atom is -0.301 e. The van der Waals surface area contributed by atoms with Crippen molar-refractivity contribution < 1.29 is 4.79 Å². The van der Waals surface area contributed by atoms with Gasteiger partial charge in [-0.2, -0.15) is 0 Å². The predicted octanol–water partition coefficient (Wildman–Crippen LogP) is 1.51. The number of hydrogen-bond acceptors (Lipinski definition) is 2. The molecule has 0 N–H and O–H groups in total. The number of benzene rings is 1. The van der Waals surface area contributed by atoms with E-state index in [0.717, 1.165) is 22.8 Å². The number of carbonyl (C=O) groups excluding carboxylic acids is 1. The van der Waals surface area contributed by atoms with E-state index in [9.17, 15) is 9.59 Å². The van der Waals surface area contributed by atoms with Gasteiger partial charge in [-0.25, -0.2) is 0 Å². The molecule has 1 aromatic heterocycles. The Labute approximate surface area is 87.0 Å². The number of fused-ring (bicyclic) bond motifs is 1. The molecule has 0 amide bonds. The van der Waals surface area contributed by atoms with E-state index >= 15 is 0 Å². The molecule has 0 saturated carbocycles. The average molecular weight is 201 g/mol. The number of nitrogens with zero attached hydrogens (tertiary/aromatic N) is 1. The zero-order valence-corrected chi connectivity index (χ0v) is 8.43. The maximum Gasteiger partial charge on any atom is 0.251 e. The van der Waals surface area contributed by atoms with Gasteiger partial charge in [0, 0.05) is 6.07 Å². The highest BCUT2D eigenvalue weighted by Crippen LogP contribution is 2.13. The first-order chi connectivity index (χ1) is 7.22. The number of aryl methyl sites for hydroxylation is 1. The Morgan fingerprint density at radius 3 is 2.73 bits per heavy atom. The van der Waals surface area contributed by atoms with E-state index in [0.29, 0.717) is 0 Å². The minimum absolute atomic E-state index is 0.111. The van der Waals surface area contributed by atoms with Crippen molar-refractivity contribution in [3.8, 4) is 0 Å². The highest BCUT2D eigenvalue weighted by Gasteiger charge is 2.01. The fourth-order valence-corrected chi connectivity index (χ4v) is 1.66. The van der Waals surface area contributed by atoms with Gasteiger partial charge in [0.05, 0.1) is 12.1 Å². The molecule has 15 heavy (non-hydrogen) atoms. The highest BCUT2D eigenvalue weighted by molar-refractivity contribution is 5.80. The van der Waals surface area contributed by atoms with Crippen molar-refractivity contribution in [3.05, 3.63) is 46.2 Å². The van der Waals surface area contributed by atoms with Crippen LogP contribution in [0.1, 0.15) is 5.56 Å². The highest BCUT2D eigenvalue weighted by atomic mass is 16.1. The number of hydrogen-bond donors (Lipinski definition) is 0. The molecule has 0 aliphatic rings. The van der Waals surface area contributed by atoms with Gasteiger partial charge < -0.3 is 9.36 Å². The molecule has 0 saturated heterocycles. The standard InChI is InChI=1S/C12H11NO2/c1-9-2-3-10-4-5-12(15)13(6-7-14)11(10)8-9/h2-5,7-8H,6H2,1H3. The molecule has 0 radical (unpaired) electrons. The Morgan fingerprint density at radius 2 is 2.00 bits per heavy atom. The molecule has 0 spiro atoms. The minimum atomic E-state index is -0.139. The van der Waals surface area contributed by atoms with Crippen LogP contribution in [0.5, 0.6) is 0 Å². The summed E-state index contributed by atoms with van der Waals surface area (Å²) in [6.45, 7) is 2.07. The van der Waals surface area contributed by atoms with E-state index in [2.05, 4.69) is 0 Å². The Kier molecular flexibility index (Phi) is 2.37. The fraction of sp³-hybridized carbons (Fsp3) is 0.167. The van der Waals surface area contributed by atoms with E-state index in [1.807, 2.05) is 25.1 Å². The summed E-state index contributed by atoms with van der Waals surface area (Å²) in [6, 6.07) is 9.11. The number of aromatic nitrogens is 1. The molecule has 0 bridgehead atoms. The summed E-state index contributed by atoms with van der Waals surface area (Å²) < 4.78 is 1.48. The maximum atomic E-state index is 11.5. The third-order valence-electron chi connectivity index (χ3n) is 2.41. The van der Waals surface area contributed by atoms with Gasteiger partial charge in [-0.15, -0.1) is 0 Å². The lowest BCUT2D eigenvalue weighted by atomic mass is 10.1. The van der Waals surface area contributed by atoms with Crippen molar-refractivity contribution in [1.29, 1.82) is 0 Å². The molecule has 2 aromatic rings. The lowest BCUT2D eigenvalue weighted by molar-refractivity contribution is -0.108. The molecule has 0 aliphatic heterocycles. The molecule has 0 fully saturated rings. The summed E-state index contributed by atoms with van der Waals surface area (Å²) in [4.78, 5) is 22.0. The van der Waals surface area contributed by atoms with Crippen LogP contribution in [0.25, 0.3) is 10.9 Å². The van der Waals surface area contributed by atoms with E-state index < -0.39 is 0 Å². The number of aldehydes is 1. The summed E-state index contributed by atoms with van der Waals surface area (Å²) in [5.74, 6) is 0. The first kappa shape index (κ1) is 9.65. The van der Waals surface area contributed by atoms with E-state index in [1.54, 1.807) is 6.07 Å². The van der Waals surface area contributed by atoms with E-state index in [4.69, 9.17) is 0 Å². The van der Waals surface area contributed by atoms with Gasteiger partial charge in [0.2, 0.25) is 0 Å². The zero-order chi connectivity index (χ0) is 10.8. The second kappa shape index (κ2) is 3.69. The van der Waals surface area contributed by atoms with Crippen LogP contribution in [0, 0.1) is 6.92 Å². The number of pyridine rings is 1. The van der Waals surface area contributed by atoms with Crippen LogP contribution < -0.4 is 5.56 Å². The van der Waals surface area contributed by atoms with Crippen LogP contribution in [-0.2, 0) is 11.3 Å². The lowest BCUT2D eigenvalue weighted by Crippen LogP contribution is -2.19. The van der Waals surface area contributed by atoms with Crippen molar-refractivity contribution in [3.63, 3.8) is 0 Å².